The molecule has 0 fully saturated rings. The van der Waals surface area contributed by atoms with E-state index in [0.29, 0.717) is 0 Å². The summed E-state index contributed by atoms with van der Waals surface area (Å²) in [4.78, 5) is 15.4. The maximum atomic E-state index is 12.3. The van der Waals surface area contributed by atoms with Crippen molar-refractivity contribution >= 4 is 32.3 Å². The molecule has 2 heterocycles. The van der Waals surface area contributed by atoms with Crippen LogP contribution in [0.25, 0.3) is 32.1 Å². The van der Waals surface area contributed by atoms with Gasteiger partial charge in [-0.25, -0.2) is 0 Å². The highest BCUT2D eigenvalue weighted by Crippen LogP contribution is 2.41. The van der Waals surface area contributed by atoms with E-state index in [2.05, 4.69) is 17.1 Å². The molecule has 0 aliphatic carbocycles. The van der Waals surface area contributed by atoms with Gasteiger partial charge in [-0.05, 0) is 35.6 Å². The summed E-state index contributed by atoms with van der Waals surface area (Å²) in [6.45, 7) is 1.99. The van der Waals surface area contributed by atoms with Gasteiger partial charge in [0.2, 0.25) is 0 Å². The number of hydrogen-bond acceptors (Lipinski definition) is 3. The van der Waals surface area contributed by atoms with Crippen LogP contribution in [0.5, 0.6) is 5.75 Å². The number of pyridine rings is 1. The predicted molar refractivity (Wildman–Crippen MR) is 96.7 cm³/mol. The molecule has 2 aromatic carbocycles. The lowest BCUT2D eigenvalue weighted by Gasteiger charge is -2.15. The molecule has 0 saturated carbocycles. The average molecular weight is 321 g/mol. The van der Waals surface area contributed by atoms with Crippen LogP contribution in [0.4, 0.5) is 0 Å². The molecular formula is C19H15NO2S. The maximum absolute atomic E-state index is 12.3. The van der Waals surface area contributed by atoms with Crippen LogP contribution < -0.4 is 10.3 Å². The lowest BCUT2D eigenvalue weighted by Crippen LogP contribution is -2.06. The first-order valence-corrected chi connectivity index (χ1v) is 8.25. The monoisotopic (exact) mass is 321 g/mol. The van der Waals surface area contributed by atoms with Gasteiger partial charge < -0.3 is 9.72 Å². The third-order valence-electron chi connectivity index (χ3n) is 4.15. The van der Waals surface area contributed by atoms with Crippen LogP contribution in [-0.2, 0) is 0 Å². The van der Waals surface area contributed by atoms with E-state index in [-0.39, 0.29) is 5.56 Å². The third kappa shape index (κ3) is 2.06. The van der Waals surface area contributed by atoms with Gasteiger partial charge in [0.15, 0.2) is 0 Å². The fourth-order valence-corrected chi connectivity index (χ4v) is 3.92. The Bertz CT molecular complexity index is 1080. The Morgan fingerprint density at radius 2 is 1.91 bits per heavy atom. The number of aromatic amines is 1. The van der Waals surface area contributed by atoms with Crippen molar-refractivity contribution < 1.29 is 4.74 Å². The predicted octanol–water partition coefficient (Wildman–Crippen LogP) is 4.73. The second-order valence-electron chi connectivity index (χ2n) is 5.50. The SMILES string of the molecule is COc1cc(C)c2[nH]c(=O)c3sccc3c2c1-c1ccccc1. The molecule has 0 aliphatic rings. The summed E-state index contributed by atoms with van der Waals surface area (Å²) in [7, 11) is 1.68. The van der Waals surface area contributed by atoms with Crippen LogP contribution in [-0.4, -0.2) is 12.1 Å². The van der Waals surface area contributed by atoms with Crippen molar-refractivity contribution in [1.82, 2.24) is 4.98 Å². The number of aromatic nitrogens is 1. The van der Waals surface area contributed by atoms with Gasteiger partial charge in [0, 0.05) is 16.3 Å². The summed E-state index contributed by atoms with van der Waals surface area (Å²) in [6.07, 6.45) is 0. The first kappa shape index (κ1) is 14.0. The van der Waals surface area contributed by atoms with Crippen molar-refractivity contribution in [3.05, 3.63) is 63.8 Å². The smallest absolute Gasteiger partial charge is 0.266 e. The molecule has 0 atom stereocenters. The number of benzene rings is 2. The van der Waals surface area contributed by atoms with Crippen LogP contribution >= 0.6 is 11.3 Å². The van der Waals surface area contributed by atoms with Gasteiger partial charge in [-0.2, -0.15) is 0 Å². The zero-order valence-electron chi connectivity index (χ0n) is 12.8. The van der Waals surface area contributed by atoms with Crippen molar-refractivity contribution in [2.24, 2.45) is 0 Å². The standard InChI is InChI=1S/C19H15NO2S/c1-11-10-14(22-2)15(12-6-4-3-5-7-12)16-13-8-9-23-18(13)19(21)20-17(11)16/h3-10H,1-2H3,(H,20,21). The summed E-state index contributed by atoms with van der Waals surface area (Å²) in [6, 6.07) is 14.1. The lowest BCUT2D eigenvalue weighted by molar-refractivity contribution is 0.416. The highest BCUT2D eigenvalue weighted by molar-refractivity contribution is 7.17. The summed E-state index contributed by atoms with van der Waals surface area (Å²) in [5.41, 5.74) is 3.94. The molecule has 0 radical (unpaired) electrons. The van der Waals surface area contributed by atoms with E-state index in [4.69, 9.17) is 4.74 Å². The minimum absolute atomic E-state index is 0.0326. The first-order chi connectivity index (χ1) is 11.2. The van der Waals surface area contributed by atoms with E-state index < -0.39 is 0 Å². The normalized spacial score (nSPS) is 11.2. The molecule has 0 aliphatic heterocycles. The number of fused-ring (bicyclic) bond motifs is 3. The fourth-order valence-electron chi connectivity index (χ4n) is 3.12. The Kier molecular flexibility index (Phi) is 3.20. The van der Waals surface area contributed by atoms with Gasteiger partial charge >= 0.3 is 0 Å². The van der Waals surface area contributed by atoms with Gasteiger partial charge in [0.1, 0.15) is 10.4 Å². The molecule has 3 nitrogen and oxygen atoms in total. The Morgan fingerprint density at radius 1 is 1.13 bits per heavy atom. The summed E-state index contributed by atoms with van der Waals surface area (Å²) >= 11 is 1.47. The maximum Gasteiger partial charge on any atom is 0.266 e. The number of thiophene rings is 1. The van der Waals surface area contributed by atoms with Gasteiger partial charge in [0.25, 0.3) is 5.56 Å². The molecule has 114 valence electrons. The largest absolute Gasteiger partial charge is 0.496 e. The van der Waals surface area contributed by atoms with Crippen LogP contribution in [0, 0.1) is 6.92 Å². The molecule has 1 N–H and O–H groups in total. The van der Waals surface area contributed by atoms with Crippen molar-refractivity contribution in [3.8, 4) is 16.9 Å². The quantitative estimate of drug-likeness (QED) is 0.580. The van der Waals surface area contributed by atoms with E-state index >= 15 is 0 Å². The minimum atomic E-state index is -0.0326. The van der Waals surface area contributed by atoms with Crippen LogP contribution in [0.15, 0.2) is 52.6 Å². The minimum Gasteiger partial charge on any atom is -0.496 e. The van der Waals surface area contributed by atoms with E-state index in [0.717, 1.165) is 43.4 Å². The molecule has 23 heavy (non-hydrogen) atoms. The van der Waals surface area contributed by atoms with Crippen LogP contribution in [0.1, 0.15) is 5.56 Å². The zero-order chi connectivity index (χ0) is 16.0. The van der Waals surface area contributed by atoms with Crippen molar-refractivity contribution in [1.29, 1.82) is 0 Å². The Balaban J connectivity index is 2.30. The van der Waals surface area contributed by atoms with Crippen molar-refractivity contribution in [3.63, 3.8) is 0 Å². The van der Waals surface area contributed by atoms with Gasteiger partial charge in [-0.15, -0.1) is 11.3 Å². The number of hydrogen-bond donors (Lipinski definition) is 1. The van der Waals surface area contributed by atoms with Crippen molar-refractivity contribution in [2.75, 3.05) is 7.11 Å². The highest BCUT2D eigenvalue weighted by Gasteiger charge is 2.17. The summed E-state index contributed by atoms with van der Waals surface area (Å²) in [5.74, 6) is 0.820. The van der Waals surface area contributed by atoms with Crippen molar-refractivity contribution in [2.45, 2.75) is 6.92 Å². The second-order valence-corrected chi connectivity index (χ2v) is 6.42. The molecule has 0 amide bonds. The zero-order valence-corrected chi connectivity index (χ0v) is 13.7. The molecule has 4 aromatic rings. The van der Waals surface area contributed by atoms with Crippen LogP contribution in [0.2, 0.25) is 0 Å². The molecular weight excluding hydrogens is 306 g/mol. The Hall–Kier alpha value is -2.59. The molecule has 0 unspecified atom stereocenters. The number of nitrogens with one attached hydrogen (secondary N) is 1. The molecule has 0 bridgehead atoms. The molecule has 4 rings (SSSR count). The van der Waals surface area contributed by atoms with E-state index in [1.165, 1.54) is 11.3 Å². The van der Waals surface area contributed by atoms with E-state index in [1.807, 2.05) is 42.6 Å². The van der Waals surface area contributed by atoms with E-state index in [9.17, 15) is 4.79 Å². The number of rotatable bonds is 2. The summed E-state index contributed by atoms with van der Waals surface area (Å²) < 4.78 is 6.41. The third-order valence-corrected chi connectivity index (χ3v) is 5.06. The topological polar surface area (TPSA) is 42.1 Å². The average Bonchev–Trinajstić information content (AvgIpc) is 3.06. The second kappa shape index (κ2) is 5.25. The Morgan fingerprint density at radius 3 is 2.65 bits per heavy atom. The lowest BCUT2D eigenvalue weighted by atomic mass is 9.95. The van der Waals surface area contributed by atoms with Gasteiger partial charge in [-0.1, -0.05) is 30.3 Å². The fraction of sp³-hybridized carbons (Fsp3) is 0.105. The van der Waals surface area contributed by atoms with Crippen LogP contribution in [0.3, 0.4) is 0 Å². The molecule has 0 spiro atoms. The van der Waals surface area contributed by atoms with Gasteiger partial charge in [-0.3, -0.25) is 4.79 Å². The highest BCUT2D eigenvalue weighted by atomic mass is 32.1. The number of H-pyrrole nitrogens is 1. The number of methoxy groups -OCH3 is 1. The Labute approximate surface area is 137 Å². The van der Waals surface area contributed by atoms with E-state index in [1.54, 1.807) is 7.11 Å². The first-order valence-electron chi connectivity index (χ1n) is 7.37. The summed E-state index contributed by atoms with van der Waals surface area (Å²) in [5, 5.41) is 3.99. The number of ether oxygens (including phenoxy) is 1. The molecule has 0 saturated heterocycles. The number of aryl methyl sites for hydroxylation is 1. The molecule has 2 aromatic heterocycles. The molecule has 4 heteroatoms. The van der Waals surface area contributed by atoms with Gasteiger partial charge in [0.05, 0.1) is 12.6 Å².